The Morgan fingerprint density at radius 3 is 2.24 bits per heavy atom. The summed E-state index contributed by atoms with van der Waals surface area (Å²) in [6, 6.07) is 12.7. The summed E-state index contributed by atoms with van der Waals surface area (Å²) in [6.07, 6.45) is 0. The third-order valence-electron chi connectivity index (χ3n) is 2.29. The third kappa shape index (κ3) is 2.83. The molecule has 4 nitrogen and oxygen atoms in total. The topological polar surface area (TPSA) is 84.3 Å². The van der Waals surface area contributed by atoms with Crippen molar-refractivity contribution >= 4 is 34.8 Å². The van der Waals surface area contributed by atoms with Crippen LogP contribution in [0.2, 0.25) is 0 Å². The summed E-state index contributed by atoms with van der Waals surface area (Å²) >= 11 is 0.665. The van der Waals surface area contributed by atoms with Gasteiger partial charge in [-0.2, -0.15) is 0 Å². The number of hydrogen-bond acceptors (Lipinski definition) is 5. The molecule has 0 heterocycles. The average Bonchev–Trinajstić information content (AvgIpc) is 2.34. The molecule has 0 aliphatic heterocycles. The SMILES string of the molecule is Nc1ccc(Nc2ccc(N)cc2SO)cc1. The number of anilines is 4. The third-order valence-corrected chi connectivity index (χ3v) is 2.83. The molecule has 0 aliphatic carbocycles. The highest BCUT2D eigenvalue weighted by Crippen LogP contribution is 2.29. The number of nitrogens with two attached hydrogens (primary N) is 2. The monoisotopic (exact) mass is 247 g/mol. The van der Waals surface area contributed by atoms with Crippen LogP contribution in [0.25, 0.3) is 0 Å². The summed E-state index contributed by atoms with van der Waals surface area (Å²) < 4.78 is 9.17. The number of hydrogen-bond donors (Lipinski definition) is 4. The van der Waals surface area contributed by atoms with Gasteiger partial charge in [0.2, 0.25) is 0 Å². The zero-order valence-corrected chi connectivity index (χ0v) is 9.87. The Labute approximate surface area is 104 Å². The highest BCUT2D eigenvalue weighted by atomic mass is 32.2. The quantitative estimate of drug-likeness (QED) is 0.494. The fourth-order valence-electron chi connectivity index (χ4n) is 1.44. The second-order valence-corrected chi connectivity index (χ2v) is 4.22. The Kier molecular flexibility index (Phi) is 3.41. The van der Waals surface area contributed by atoms with Crippen LogP contribution >= 0.6 is 12.0 Å². The smallest absolute Gasteiger partial charge is 0.0606 e. The van der Waals surface area contributed by atoms with E-state index in [0.29, 0.717) is 28.3 Å². The van der Waals surface area contributed by atoms with Crippen molar-refractivity contribution < 1.29 is 4.55 Å². The van der Waals surface area contributed by atoms with Crippen molar-refractivity contribution in [2.24, 2.45) is 0 Å². The van der Waals surface area contributed by atoms with Crippen molar-refractivity contribution in [2.75, 3.05) is 16.8 Å². The number of rotatable bonds is 3. The van der Waals surface area contributed by atoms with Crippen molar-refractivity contribution in [3.05, 3.63) is 42.5 Å². The zero-order valence-electron chi connectivity index (χ0n) is 9.05. The van der Waals surface area contributed by atoms with Crippen LogP contribution in [-0.2, 0) is 0 Å². The van der Waals surface area contributed by atoms with E-state index in [2.05, 4.69) is 5.32 Å². The van der Waals surface area contributed by atoms with Crippen molar-refractivity contribution in [1.29, 1.82) is 0 Å². The molecule has 0 fully saturated rings. The van der Waals surface area contributed by atoms with Gasteiger partial charge < -0.3 is 21.3 Å². The molecule has 0 bridgehead atoms. The van der Waals surface area contributed by atoms with E-state index in [1.54, 1.807) is 12.1 Å². The van der Waals surface area contributed by atoms with Gasteiger partial charge in [-0.05, 0) is 42.5 Å². The Hall–Kier alpha value is -1.85. The van der Waals surface area contributed by atoms with Crippen LogP contribution in [0.5, 0.6) is 0 Å². The van der Waals surface area contributed by atoms with E-state index >= 15 is 0 Å². The van der Waals surface area contributed by atoms with E-state index < -0.39 is 0 Å². The summed E-state index contributed by atoms with van der Waals surface area (Å²) in [5.74, 6) is 0. The Balaban J connectivity index is 2.26. The zero-order chi connectivity index (χ0) is 12.3. The molecule has 88 valence electrons. The van der Waals surface area contributed by atoms with Crippen molar-refractivity contribution in [2.45, 2.75) is 4.90 Å². The molecule has 6 N–H and O–H groups in total. The van der Waals surface area contributed by atoms with Crippen LogP contribution in [-0.4, -0.2) is 4.55 Å². The first-order chi connectivity index (χ1) is 8.19. The lowest BCUT2D eigenvalue weighted by Gasteiger charge is -2.10. The molecule has 0 spiro atoms. The summed E-state index contributed by atoms with van der Waals surface area (Å²) in [5.41, 5.74) is 14.3. The molecule has 0 saturated heterocycles. The molecule has 2 rings (SSSR count). The minimum absolute atomic E-state index is 0.615. The number of nitrogen functional groups attached to an aromatic ring is 2. The summed E-state index contributed by atoms with van der Waals surface area (Å²) in [7, 11) is 0. The standard InChI is InChI=1S/C12H13N3OS/c13-8-1-4-10(5-2-8)15-11-6-3-9(14)7-12(11)17-16/h1-7,15-16H,13-14H2. The molecule has 17 heavy (non-hydrogen) atoms. The van der Waals surface area contributed by atoms with Gasteiger partial charge in [0.25, 0.3) is 0 Å². The maximum absolute atomic E-state index is 9.17. The van der Waals surface area contributed by atoms with Crippen molar-refractivity contribution in [3.63, 3.8) is 0 Å². The Morgan fingerprint density at radius 1 is 0.941 bits per heavy atom. The molecule has 0 aliphatic rings. The number of benzene rings is 2. The fourth-order valence-corrected chi connectivity index (χ4v) is 1.85. The molecule has 2 aromatic rings. The van der Waals surface area contributed by atoms with E-state index in [9.17, 15) is 0 Å². The summed E-state index contributed by atoms with van der Waals surface area (Å²) in [6.45, 7) is 0. The molecule has 2 aromatic carbocycles. The lowest BCUT2D eigenvalue weighted by Crippen LogP contribution is -1.94. The lowest BCUT2D eigenvalue weighted by atomic mass is 10.2. The van der Waals surface area contributed by atoms with Crippen LogP contribution in [0.1, 0.15) is 0 Å². The Morgan fingerprint density at radius 2 is 1.59 bits per heavy atom. The van der Waals surface area contributed by atoms with Crippen LogP contribution in [0.15, 0.2) is 47.4 Å². The van der Waals surface area contributed by atoms with Crippen LogP contribution in [0.4, 0.5) is 22.7 Å². The van der Waals surface area contributed by atoms with Gasteiger partial charge in [0.05, 0.1) is 10.6 Å². The van der Waals surface area contributed by atoms with Crippen LogP contribution in [0, 0.1) is 0 Å². The van der Waals surface area contributed by atoms with Crippen molar-refractivity contribution in [1.82, 2.24) is 0 Å². The van der Waals surface area contributed by atoms with E-state index in [4.69, 9.17) is 16.0 Å². The second-order valence-electron chi connectivity index (χ2n) is 3.59. The molecule has 0 unspecified atom stereocenters. The predicted molar refractivity (Wildman–Crippen MR) is 73.5 cm³/mol. The fraction of sp³-hybridized carbons (Fsp3) is 0. The van der Waals surface area contributed by atoms with E-state index in [-0.39, 0.29) is 0 Å². The first-order valence-corrected chi connectivity index (χ1v) is 5.80. The molecular formula is C12H13N3OS. The van der Waals surface area contributed by atoms with E-state index in [1.807, 2.05) is 30.3 Å². The number of nitrogens with one attached hydrogen (secondary N) is 1. The van der Waals surface area contributed by atoms with Crippen molar-refractivity contribution in [3.8, 4) is 0 Å². The maximum Gasteiger partial charge on any atom is 0.0606 e. The minimum Gasteiger partial charge on any atom is -0.399 e. The summed E-state index contributed by atoms with van der Waals surface area (Å²) in [4.78, 5) is 0.682. The van der Waals surface area contributed by atoms with Gasteiger partial charge >= 0.3 is 0 Å². The second kappa shape index (κ2) is 4.99. The molecule has 5 heteroatoms. The van der Waals surface area contributed by atoms with Gasteiger partial charge in [0.1, 0.15) is 0 Å². The first kappa shape index (κ1) is 11.6. The van der Waals surface area contributed by atoms with Gasteiger partial charge in [-0.15, -0.1) is 0 Å². The molecule has 0 saturated carbocycles. The van der Waals surface area contributed by atoms with Gasteiger partial charge in [-0.1, -0.05) is 0 Å². The molecule has 0 radical (unpaired) electrons. The predicted octanol–water partition coefficient (Wildman–Crippen LogP) is 3.16. The lowest BCUT2D eigenvalue weighted by molar-refractivity contribution is 0.664. The van der Waals surface area contributed by atoms with E-state index in [0.717, 1.165) is 11.4 Å². The molecule has 0 aromatic heterocycles. The van der Waals surface area contributed by atoms with Gasteiger partial charge in [0.15, 0.2) is 0 Å². The average molecular weight is 247 g/mol. The van der Waals surface area contributed by atoms with Gasteiger partial charge in [-0.3, -0.25) is 0 Å². The normalized spacial score (nSPS) is 10.2. The highest BCUT2D eigenvalue weighted by molar-refractivity contribution is 7.94. The van der Waals surface area contributed by atoms with Crippen LogP contribution in [0.3, 0.4) is 0 Å². The molecular weight excluding hydrogens is 234 g/mol. The van der Waals surface area contributed by atoms with E-state index in [1.165, 1.54) is 0 Å². The summed E-state index contributed by atoms with van der Waals surface area (Å²) in [5, 5.41) is 3.19. The van der Waals surface area contributed by atoms with Crippen LogP contribution < -0.4 is 16.8 Å². The largest absolute Gasteiger partial charge is 0.399 e. The Bertz CT molecular complexity index is 514. The molecule has 0 atom stereocenters. The highest BCUT2D eigenvalue weighted by Gasteiger charge is 2.03. The first-order valence-electron chi connectivity index (χ1n) is 5.02. The maximum atomic E-state index is 9.17. The van der Waals surface area contributed by atoms with Gasteiger partial charge in [0, 0.05) is 29.1 Å². The van der Waals surface area contributed by atoms with Gasteiger partial charge in [-0.25, -0.2) is 0 Å². The molecule has 0 amide bonds. The minimum atomic E-state index is 0.615.